The maximum Gasteiger partial charge on any atom is 0.0499 e. The van der Waals surface area contributed by atoms with Crippen molar-refractivity contribution in [2.75, 3.05) is 19.7 Å². The molecule has 1 fully saturated rings. The lowest BCUT2D eigenvalue weighted by atomic mass is 9.82. The van der Waals surface area contributed by atoms with Crippen LogP contribution in [-0.4, -0.2) is 35.7 Å². The highest BCUT2D eigenvalue weighted by Crippen LogP contribution is 2.31. The third-order valence-electron chi connectivity index (χ3n) is 4.34. The molecule has 1 aliphatic heterocycles. The first-order chi connectivity index (χ1) is 7.21. The van der Waals surface area contributed by atoms with Crippen LogP contribution in [0.3, 0.4) is 0 Å². The molecule has 0 spiro atoms. The van der Waals surface area contributed by atoms with E-state index < -0.39 is 0 Å². The fraction of sp³-hybridized carbons (Fsp3) is 1.00. The third kappa shape index (κ3) is 2.94. The zero-order chi connectivity index (χ0) is 11.3. The smallest absolute Gasteiger partial charge is 0.0499 e. The van der Waals surface area contributed by atoms with Crippen molar-refractivity contribution in [3.05, 3.63) is 0 Å². The fourth-order valence-corrected chi connectivity index (χ4v) is 2.74. The largest absolute Gasteiger partial charge is 0.396 e. The predicted molar refractivity (Wildman–Crippen MR) is 65.0 cm³/mol. The van der Waals surface area contributed by atoms with E-state index in [1.807, 2.05) is 0 Å². The highest BCUT2D eigenvalue weighted by molar-refractivity contribution is 4.86. The number of hydrogen-bond acceptors (Lipinski definition) is 2. The van der Waals surface area contributed by atoms with Crippen molar-refractivity contribution in [1.29, 1.82) is 0 Å². The molecule has 0 aliphatic carbocycles. The minimum Gasteiger partial charge on any atom is -0.396 e. The molecule has 1 heterocycles. The van der Waals surface area contributed by atoms with Crippen molar-refractivity contribution >= 4 is 0 Å². The van der Waals surface area contributed by atoms with Gasteiger partial charge in [-0.1, -0.05) is 20.8 Å². The van der Waals surface area contributed by atoms with Gasteiger partial charge in [-0.25, -0.2) is 0 Å². The standard InChI is InChI=1S/C13H27NO/c1-4-12-8-7-9-14(12)10-13(5-2,6-3)11-15/h12,15H,4-11H2,1-3H3. The molecule has 1 aliphatic rings. The summed E-state index contributed by atoms with van der Waals surface area (Å²) in [6.45, 7) is 9.36. The molecule has 15 heavy (non-hydrogen) atoms. The molecule has 1 rings (SSSR count). The number of hydrogen-bond donors (Lipinski definition) is 1. The average molecular weight is 213 g/mol. The maximum atomic E-state index is 9.57. The van der Waals surface area contributed by atoms with E-state index in [2.05, 4.69) is 25.7 Å². The van der Waals surface area contributed by atoms with Crippen LogP contribution in [0.1, 0.15) is 52.9 Å². The van der Waals surface area contributed by atoms with Gasteiger partial charge in [-0.05, 0) is 38.6 Å². The van der Waals surface area contributed by atoms with Crippen LogP contribution < -0.4 is 0 Å². The Morgan fingerprint density at radius 1 is 1.27 bits per heavy atom. The van der Waals surface area contributed by atoms with E-state index in [0.29, 0.717) is 6.61 Å². The highest BCUT2D eigenvalue weighted by atomic mass is 16.3. The monoisotopic (exact) mass is 213 g/mol. The van der Waals surface area contributed by atoms with Crippen molar-refractivity contribution in [3.63, 3.8) is 0 Å². The molecule has 0 bridgehead atoms. The maximum absolute atomic E-state index is 9.57. The first-order valence-corrected chi connectivity index (χ1v) is 6.56. The van der Waals surface area contributed by atoms with E-state index in [1.165, 1.54) is 25.8 Å². The van der Waals surface area contributed by atoms with Gasteiger partial charge in [0.2, 0.25) is 0 Å². The molecular weight excluding hydrogens is 186 g/mol. The Kier molecular flexibility index (Phi) is 5.07. The Morgan fingerprint density at radius 3 is 2.40 bits per heavy atom. The summed E-state index contributed by atoms with van der Waals surface area (Å²) in [5.74, 6) is 0. The SMILES string of the molecule is CCC1CCCN1CC(CC)(CC)CO. The lowest BCUT2D eigenvalue weighted by Gasteiger charge is -2.36. The normalized spacial score (nSPS) is 23.6. The van der Waals surface area contributed by atoms with Crippen molar-refractivity contribution in [1.82, 2.24) is 4.90 Å². The molecule has 1 N–H and O–H groups in total. The van der Waals surface area contributed by atoms with E-state index in [4.69, 9.17) is 0 Å². The summed E-state index contributed by atoms with van der Waals surface area (Å²) in [6, 6.07) is 0.772. The molecule has 1 atom stereocenters. The topological polar surface area (TPSA) is 23.5 Å². The lowest BCUT2D eigenvalue weighted by molar-refractivity contribution is 0.0600. The van der Waals surface area contributed by atoms with Gasteiger partial charge in [0.05, 0.1) is 0 Å². The highest BCUT2D eigenvalue weighted by Gasteiger charge is 2.32. The van der Waals surface area contributed by atoms with Gasteiger partial charge < -0.3 is 5.11 Å². The lowest BCUT2D eigenvalue weighted by Crippen LogP contribution is -2.41. The summed E-state index contributed by atoms with van der Waals surface area (Å²) in [4.78, 5) is 2.60. The molecule has 0 aromatic heterocycles. The Labute approximate surface area is 94.7 Å². The Morgan fingerprint density at radius 2 is 1.93 bits per heavy atom. The molecular formula is C13H27NO. The van der Waals surface area contributed by atoms with E-state index >= 15 is 0 Å². The Bertz CT molecular complexity index is 169. The van der Waals surface area contributed by atoms with Gasteiger partial charge in [-0.2, -0.15) is 0 Å². The third-order valence-corrected chi connectivity index (χ3v) is 4.34. The summed E-state index contributed by atoms with van der Waals surface area (Å²) in [5, 5.41) is 9.57. The van der Waals surface area contributed by atoms with Crippen LogP contribution in [0.2, 0.25) is 0 Å². The van der Waals surface area contributed by atoms with Gasteiger partial charge in [0.15, 0.2) is 0 Å². The molecule has 2 nitrogen and oxygen atoms in total. The number of nitrogens with zero attached hydrogens (tertiary/aromatic N) is 1. The minimum atomic E-state index is 0.151. The zero-order valence-electron chi connectivity index (χ0n) is 10.6. The molecule has 1 saturated heterocycles. The zero-order valence-corrected chi connectivity index (χ0v) is 10.6. The summed E-state index contributed by atoms with van der Waals surface area (Å²) in [7, 11) is 0. The molecule has 90 valence electrons. The van der Waals surface area contributed by atoms with E-state index in [-0.39, 0.29) is 5.41 Å². The van der Waals surface area contributed by atoms with Gasteiger partial charge in [-0.15, -0.1) is 0 Å². The van der Waals surface area contributed by atoms with Crippen LogP contribution in [0.5, 0.6) is 0 Å². The molecule has 2 heteroatoms. The van der Waals surface area contributed by atoms with Gasteiger partial charge in [0, 0.05) is 24.6 Å². The summed E-state index contributed by atoms with van der Waals surface area (Å²) >= 11 is 0. The van der Waals surface area contributed by atoms with Crippen molar-refractivity contribution in [3.8, 4) is 0 Å². The van der Waals surface area contributed by atoms with Crippen LogP contribution in [-0.2, 0) is 0 Å². The van der Waals surface area contributed by atoms with E-state index in [0.717, 1.165) is 25.4 Å². The first-order valence-electron chi connectivity index (χ1n) is 6.56. The van der Waals surface area contributed by atoms with Crippen LogP contribution in [0, 0.1) is 5.41 Å². The fourth-order valence-electron chi connectivity index (χ4n) is 2.74. The van der Waals surface area contributed by atoms with Gasteiger partial charge in [-0.3, -0.25) is 4.90 Å². The van der Waals surface area contributed by atoms with Crippen molar-refractivity contribution in [2.45, 2.75) is 58.9 Å². The minimum absolute atomic E-state index is 0.151. The molecule has 0 radical (unpaired) electrons. The van der Waals surface area contributed by atoms with Gasteiger partial charge in [0.1, 0.15) is 0 Å². The molecule has 0 saturated carbocycles. The molecule has 1 unspecified atom stereocenters. The van der Waals surface area contributed by atoms with Gasteiger partial charge >= 0.3 is 0 Å². The van der Waals surface area contributed by atoms with Gasteiger partial charge in [0.25, 0.3) is 0 Å². The van der Waals surface area contributed by atoms with E-state index in [9.17, 15) is 5.11 Å². The predicted octanol–water partition coefficient (Wildman–Crippen LogP) is 2.66. The molecule has 0 aromatic rings. The number of aliphatic hydroxyl groups excluding tert-OH is 1. The van der Waals surface area contributed by atoms with Crippen LogP contribution in [0.4, 0.5) is 0 Å². The second kappa shape index (κ2) is 5.86. The number of likely N-dealkylation sites (tertiary alicyclic amines) is 1. The molecule has 0 amide bonds. The van der Waals surface area contributed by atoms with Crippen molar-refractivity contribution in [2.24, 2.45) is 5.41 Å². The van der Waals surface area contributed by atoms with Crippen molar-refractivity contribution < 1.29 is 5.11 Å². The number of aliphatic hydroxyl groups is 1. The summed E-state index contributed by atoms with van der Waals surface area (Å²) in [5.41, 5.74) is 0.151. The summed E-state index contributed by atoms with van der Waals surface area (Å²) < 4.78 is 0. The average Bonchev–Trinajstić information content (AvgIpc) is 2.73. The summed E-state index contributed by atoms with van der Waals surface area (Å²) in [6.07, 6.45) is 6.13. The van der Waals surface area contributed by atoms with E-state index in [1.54, 1.807) is 0 Å². The first kappa shape index (κ1) is 13.0. The Balaban J connectivity index is 2.57. The van der Waals surface area contributed by atoms with Crippen LogP contribution in [0.25, 0.3) is 0 Å². The van der Waals surface area contributed by atoms with Crippen LogP contribution in [0.15, 0.2) is 0 Å². The second-order valence-corrected chi connectivity index (χ2v) is 5.04. The quantitative estimate of drug-likeness (QED) is 0.733. The Hall–Kier alpha value is -0.0800. The molecule has 0 aromatic carbocycles. The van der Waals surface area contributed by atoms with Crippen LogP contribution >= 0.6 is 0 Å². The second-order valence-electron chi connectivity index (χ2n) is 5.04. The number of rotatable bonds is 6.